The van der Waals surface area contributed by atoms with Crippen LogP contribution < -0.4 is 15.8 Å². The van der Waals surface area contributed by atoms with Gasteiger partial charge in [-0.15, -0.1) is 0 Å². The maximum absolute atomic E-state index is 11.5. The van der Waals surface area contributed by atoms with Gasteiger partial charge in [0.25, 0.3) is 5.91 Å². The quantitative estimate of drug-likeness (QED) is 0.811. The summed E-state index contributed by atoms with van der Waals surface area (Å²) in [5.74, 6) is 0.506. The van der Waals surface area contributed by atoms with Crippen LogP contribution in [-0.2, 0) is 4.79 Å². The van der Waals surface area contributed by atoms with Crippen molar-refractivity contribution in [2.75, 3.05) is 12.8 Å². The first-order valence-corrected chi connectivity index (χ1v) is 5.79. The first-order valence-electron chi connectivity index (χ1n) is 5.79. The second-order valence-electron chi connectivity index (χ2n) is 4.07. The number of anilines is 1. The lowest BCUT2D eigenvalue weighted by Gasteiger charge is -2.15. The molecular formula is C14H16N2O2. The van der Waals surface area contributed by atoms with Crippen LogP contribution in [0.15, 0.2) is 36.4 Å². The molecule has 0 radical (unpaired) electrons. The molecule has 4 nitrogen and oxygen atoms in total. The third-order valence-corrected chi connectivity index (χ3v) is 2.84. The number of carbonyl (C=O) groups is 1. The van der Waals surface area contributed by atoms with Gasteiger partial charge in [0, 0.05) is 23.5 Å². The maximum Gasteiger partial charge on any atom is 0.260 e. The highest BCUT2D eigenvalue weighted by atomic mass is 16.5. The van der Waals surface area contributed by atoms with E-state index >= 15 is 0 Å². The van der Waals surface area contributed by atoms with E-state index in [0.717, 1.165) is 10.8 Å². The van der Waals surface area contributed by atoms with Gasteiger partial charge in [-0.25, -0.2) is 0 Å². The molecular weight excluding hydrogens is 228 g/mol. The number of carbonyl (C=O) groups excluding carboxylic acids is 1. The molecule has 18 heavy (non-hydrogen) atoms. The normalized spacial score (nSPS) is 12.1. The lowest BCUT2D eigenvalue weighted by Crippen LogP contribution is -2.33. The number of nitrogens with two attached hydrogens (primary N) is 1. The predicted molar refractivity (Wildman–Crippen MR) is 72.5 cm³/mol. The van der Waals surface area contributed by atoms with Crippen molar-refractivity contribution >= 4 is 22.4 Å². The van der Waals surface area contributed by atoms with E-state index in [9.17, 15) is 4.79 Å². The fourth-order valence-corrected chi connectivity index (χ4v) is 1.84. The Kier molecular flexibility index (Phi) is 3.37. The molecule has 0 aromatic heterocycles. The van der Waals surface area contributed by atoms with Crippen LogP contribution in [0.1, 0.15) is 6.92 Å². The van der Waals surface area contributed by atoms with E-state index in [1.54, 1.807) is 26.1 Å². The van der Waals surface area contributed by atoms with Crippen LogP contribution in [0.2, 0.25) is 0 Å². The summed E-state index contributed by atoms with van der Waals surface area (Å²) in [6.45, 7) is 1.71. The first kappa shape index (κ1) is 12.2. The second-order valence-corrected chi connectivity index (χ2v) is 4.07. The van der Waals surface area contributed by atoms with Crippen molar-refractivity contribution in [3.8, 4) is 5.75 Å². The van der Waals surface area contributed by atoms with Gasteiger partial charge in [-0.1, -0.05) is 24.3 Å². The molecule has 1 amide bonds. The molecule has 0 bridgehead atoms. The number of nitrogens with one attached hydrogen (secondary N) is 1. The Morgan fingerprint density at radius 2 is 1.89 bits per heavy atom. The average molecular weight is 244 g/mol. The third-order valence-electron chi connectivity index (χ3n) is 2.84. The van der Waals surface area contributed by atoms with Crippen LogP contribution in [-0.4, -0.2) is 19.1 Å². The van der Waals surface area contributed by atoms with Crippen LogP contribution in [0.5, 0.6) is 5.75 Å². The SMILES string of the molecule is CNC(=O)C(C)Oc1ccc(N)c2ccccc12. The van der Waals surface area contributed by atoms with Gasteiger partial charge in [0.05, 0.1) is 0 Å². The van der Waals surface area contributed by atoms with Crippen LogP contribution >= 0.6 is 0 Å². The highest BCUT2D eigenvalue weighted by Crippen LogP contribution is 2.30. The molecule has 0 heterocycles. The van der Waals surface area contributed by atoms with E-state index in [1.165, 1.54) is 0 Å². The molecule has 1 atom stereocenters. The molecule has 2 rings (SSSR count). The molecule has 2 aromatic carbocycles. The van der Waals surface area contributed by atoms with E-state index in [1.807, 2.05) is 24.3 Å². The molecule has 0 saturated heterocycles. The lowest BCUT2D eigenvalue weighted by atomic mass is 10.1. The fourth-order valence-electron chi connectivity index (χ4n) is 1.84. The van der Waals surface area contributed by atoms with Crippen molar-refractivity contribution < 1.29 is 9.53 Å². The zero-order chi connectivity index (χ0) is 13.1. The number of hydrogen-bond donors (Lipinski definition) is 2. The summed E-state index contributed by atoms with van der Waals surface area (Å²) in [5, 5.41) is 4.40. The second kappa shape index (κ2) is 4.96. The molecule has 3 N–H and O–H groups in total. The van der Waals surface area contributed by atoms with Crippen molar-refractivity contribution in [1.82, 2.24) is 5.32 Å². The highest BCUT2D eigenvalue weighted by molar-refractivity contribution is 5.97. The molecule has 0 aliphatic carbocycles. The predicted octanol–water partition coefficient (Wildman–Crippen LogP) is 1.94. The van der Waals surface area contributed by atoms with Gasteiger partial charge in [0.15, 0.2) is 6.10 Å². The summed E-state index contributed by atoms with van der Waals surface area (Å²) in [6.07, 6.45) is -0.540. The summed E-state index contributed by atoms with van der Waals surface area (Å²) < 4.78 is 5.67. The van der Waals surface area contributed by atoms with E-state index in [4.69, 9.17) is 10.5 Å². The highest BCUT2D eigenvalue weighted by Gasteiger charge is 2.14. The van der Waals surface area contributed by atoms with Crippen LogP contribution in [0.25, 0.3) is 10.8 Å². The van der Waals surface area contributed by atoms with Gasteiger partial charge in [0.2, 0.25) is 0 Å². The number of rotatable bonds is 3. The maximum atomic E-state index is 11.5. The van der Waals surface area contributed by atoms with E-state index < -0.39 is 6.10 Å². The Labute approximate surface area is 106 Å². The number of benzene rings is 2. The summed E-state index contributed by atoms with van der Waals surface area (Å²) in [5.41, 5.74) is 6.61. The number of amides is 1. The van der Waals surface area contributed by atoms with Crippen molar-refractivity contribution in [3.05, 3.63) is 36.4 Å². The average Bonchev–Trinajstić information content (AvgIpc) is 2.41. The van der Waals surface area contributed by atoms with Gasteiger partial charge in [-0.2, -0.15) is 0 Å². The lowest BCUT2D eigenvalue weighted by molar-refractivity contribution is -0.126. The molecule has 0 fully saturated rings. The summed E-state index contributed by atoms with van der Waals surface area (Å²) >= 11 is 0. The molecule has 0 aliphatic rings. The number of ether oxygens (including phenoxy) is 1. The minimum Gasteiger partial charge on any atom is -0.480 e. The smallest absolute Gasteiger partial charge is 0.260 e. The monoisotopic (exact) mass is 244 g/mol. The summed E-state index contributed by atoms with van der Waals surface area (Å²) in [7, 11) is 1.59. The Hall–Kier alpha value is -2.23. The minimum atomic E-state index is -0.540. The van der Waals surface area contributed by atoms with Crippen molar-refractivity contribution in [2.24, 2.45) is 0 Å². The molecule has 0 aliphatic heterocycles. The van der Waals surface area contributed by atoms with Gasteiger partial charge >= 0.3 is 0 Å². The number of nitrogen functional groups attached to an aromatic ring is 1. The largest absolute Gasteiger partial charge is 0.480 e. The Morgan fingerprint density at radius 3 is 2.56 bits per heavy atom. The Morgan fingerprint density at radius 1 is 1.22 bits per heavy atom. The fraction of sp³-hybridized carbons (Fsp3) is 0.214. The first-order chi connectivity index (χ1) is 8.63. The molecule has 0 saturated carbocycles. The van der Waals surface area contributed by atoms with Gasteiger partial charge in [-0.3, -0.25) is 4.79 Å². The van der Waals surface area contributed by atoms with E-state index in [-0.39, 0.29) is 5.91 Å². The standard InChI is InChI=1S/C14H16N2O2/c1-9(14(17)16-2)18-13-8-7-12(15)10-5-3-4-6-11(10)13/h3-9H,15H2,1-2H3,(H,16,17). The van der Waals surface area contributed by atoms with Crippen LogP contribution in [0.3, 0.4) is 0 Å². The van der Waals surface area contributed by atoms with Crippen LogP contribution in [0.4, 0.5) is 5.69 Å². The van der Waals surface area contributed by atoms with Crippen LogP contribution in [0, 0.1) is 0 Å². The molecule has 0 spiro atoms. The molecule has 4 heteroatoms. The number of fused-ring (bicyclic) bond motifs is 1. The zero-order valence-electron chi connectivity index (χ0n) is 10.4. The number of likely N-dealkylation sites (N-methyl/N-ethyl adjacent to an activating group) is 1. The Balaban J connectivity index is 2.40. The van der Waals surface area contributed by atoms with Crippen molar-refractivity contribution in [1.29, 1.82) is 0 Å². The summed E-state index contributed by atoms with van der Waals surface area (Å²) in [6, 6.07) is 11.3. The third kappa shape index (κ3) is 2.22. The molecule has 1 unspecified atom stereocenters. The zero-order valence-corrected chi connectivity index (χ0v) is 10.4. The van der Waals surface area contributed by atoms with Crippen molar-refractivity contribution in [3.63, 3.8) is 0 Å². The number of hydrogen-bond acceptors (Lipinski definition) is 3. The van der Waals surface area contributed by atoms with Gasteiger partial charge in [0.1, 0.15) is 5.75 Å². The van der Waals surface area contributed by atoms with E-state index in [2.05, 4.69) is 5.32 Å². The topological polar surface area (TPSA) is 64.3 Å². The van der Waals surface area contributed by atoms with E-state index in [0.29, 0.717) is 11.4 Å². The minimum absolute atomic E-state index is 0.157. The van der Waals surface area contributed by atoms with Gasteiger partial charge in [-0.05, 0) is 19.1 Å². The summed E-state index contributed by atoms with van der Waals surface area (Å²) in [4.78, 5) is 11.5. The van der Waals surface area contributed by atoms with Crippen molar-refractivity contribution in [2.45, 2.75) is 13.0 Å². The Bertz CT molecular complexity index is 581. The van der Waals surface area contributed by atoms with Gasteiger partial charge < -0.3 is 15.8 Å². The molecule has 94 valence electrons. The molecule has 2 aromatic rings.